The molecule has 2 fully saturated rings. The maximum absolute atomic E-state index is 11.4. The van der Waals surface area contributed by atoms with E-state index in [1.165, 1.54) is 6.42 Å². The molecule has 0 aromatic carbocycles. The summed E-state index contributed by atoms with van der Waals surface area (Å²) in [7, 11) is 0. The predicted molar refractivity (Wildman–Crippen MR) is 65.0 cm³/mol. The van der Waals surface area contributed by atoms with Crippen molar-refractivity contribution in [3.8, 4) is 0 Å². The Bertz CT molecular complexity index is 255. The third kappa shape index (κ3) is 3.19. The third-order valence-corrected chi connectivity index (χ3v) is 4.07. The third-order valence-electron chi connectivity index (χ3n) is 4.07. The monoisotopic (exact) mass is 241 g/mol. The second-order valence-electron chi connectivity index (χ2n) is 5.30. The molecule has 4 heteroatoms. The fourth-order valence-corrected chi connectivity index (χ4v) is 2.97. The molecule has 2 N–H and O–H groups in total. The van der Waals surface area contributed by atoms with Crippen molar-refractivity contribution in [3.05, 3.63) is 0 Å². The summed E-state index contributed by atoms with van der Waals surface area (Å²) in [5.41, 5.74) is -0.656. The number of carbonyl (C=O) groups is 1. The van der Waals surface area contributed by atoms with Crippen molar-refractivity contribution < 1.29 is 14.6 Å². The number of carboxylic acid groups (broad SMARTS) is 1. The quantitative estimate of drug-likeness (QED) is 0.772. The minimum Gasteiger partial charge on any atom is -0.480 e. The summed E-state index contributed by atoms with van der Waals surface area (Å²) in [4.78, 5) is 11.4. The van der Waals surface area contributed by atoms with Gasteiger partial charge in [-0.05, 0) is 38.6 Å². The maximum atomic E-state index is 11.4. The molecule has 0 aromatic rings. The summed E-state index contributed by atoms with van der Waals surface area (Å²) < 4.78 is 5.55. The van der Waals surface area contributed by atoms with Crippen molar-refractivity contribution in [3.63, 3.8) is 0 Å². The molecule has 1 heterocycles. The molecule has 1 unspecified atom stereocenters. The molecule has 0 amide bonds. The van der Waals surface area contributed by atoms with Gasteiger partial charge in [0.05, 0.1) is 6.10 Å². The Morgan fingerprint density at radius 3 is 2.65 bits per heavy atom. The first-order chi connectivity index (χ1) is 8.23. The van der Waals surface area contributed by atoms with E-state index < -0.39 is 11.5 Å². The highest BCUT2D eigenvalue weighted by Gasteiger charge is 2.38. The lowest BCUT2D eigenvalue weighted by Gasteiger charge is -2.34. The molecule has 1 aliphatic carbocycles. The number of nitrogens with one attached hydrogen (secondary N) is 1. The van der Waals surface area contributed by atoms with E-state index in [0.717, 1.165) is 58.1 Å². The van der Waals surface area contributed by atoms with Gasteiger partial charge in [-0.1, -0.05) is 19.3 Å². The second kappa shape index (κ2) is 5.83. The highest BCUT2D eigenvalue weighted by atomic mass is 16.5. The van der Waals surface area contributed by atoms with Gasteiger partial charge >= 0.3 is 5.97 Å². The first-order valence-electron chi connectivity index (χ1n) is 6.83. The number of carboxylic acids is 1. The van der Waals surface area contributed by atoms with E-state index >= 15 is 0 Å². The Balaban J connectivity index is 1.78. The summed E-state index contributed by atoms with van der Waals surface area (Å²) in [6.45, 7) is 1.63. The first-order valence-corrected chi connectivity index (χ1v) is 6.83. The molecule has 2 aliphatic rings. The van der Waals surface area contributed by atoms with E-state index in [1.807, 2.05) is 0 Å². The van der Waals surface area contributed by atoms with Crippen LogP contribution < -0.4 is 5.32 Å². The Hall–Kier alpha value is -0.610. The Kier molecular flexibility index (Phi) is 4.40. The normalized spacial score (nSPS) is 28.1. The number of hydrogen-bond acceptors (Lipinski definition) is 3. The molecule has 0 bridgehead atoms. The van der Waals surface area contributed by atoms with Crippen molar-refractivity contribution >= 4 is 5.97 Å². The zero-order chi connectivity index (χ0) is 12.1. The van der Waals surface area contributed by atoms with E-state index in [-0.39, 0.29) is 0 Å². The zero-order valence-corrected chi connectivity index (χ0v) is 10.4. The van der Waals surface area contributed by atoms with Crippen LogP contribution >= 0.6 is 0 Å². The van der Waals surface area contributed by atoms with Crippen LogP contribution in [0.3, 0.4) is 0 Å². The van der Waals surface area contributed by atoms with E-state index in [1.54, 1.807) is 0 Å². The maximum Gasteiger partial charge on any atom is 0.323 e. The molecule has 1 saturated heterocycles. The standard InChI is InChI=1S/C13H23NO3/c15-12(16)13(7-2-1-3-8-13)14-9-6-11-5-4-10-17-11/h11,14H,1-10H2,(H,15,16). The lowest BCUT2D eigenvalue weighted by atomic mass is 9.81. The Morgan fingerprint density at radius 2 is 2.06 bits per heavy atom. The lowest BCUT2D eigenvalue weighted by Crippen LogP contribution is -2.53. The van der Waals surface area contributed by atoms with E-state index in [4.69, 9.17) is 4.74 Å². The van der Waals surface area contributed by atoms with Gasteiger partial charge in [0.25, 0.3) is 0 Å². The van der Waals surface area contributed by atoms with Crippen LogP contribution in [-0.2, 0) is 9.53 Å². The molecule has 0 radical (unpaired) electrons. The van der Waals surface area contributed by atoms with Crippen molar-refractivity contribution in [2.45, 2.75) is 63.0 Å². The smallest absolute Gasteiger partial charge is 0.323 e. The average Bonchev–Trinajstić information content (AvgIpc) is 2.83. The van der Waals surface area contributed by atoms with Crippen molar-refractivity contribution in [2.24, 2.45) is 0 Å². The SMILES string of the molecule is O=C(O)C1(NCCC2CCCO2)CCCCC1. The minimum atomic E-state index is -0.676. The molecular weight excluding hydrogens is 218 g/mol. The molecule has 0 spiro atoms. The molecule has 2 rings (SSSR count). The summed E-state index contributed by atoms with van der Waals surface area (Å²) in [5, 5.41) is 12.7. The van der Waals surface area contributed by atoms with Crippen LogP contribution in [0.1, 0.15) is 51.4 Å². The summed E-state index contributed by atoms with van der Waals surface area (Å²) >= 11 is 0. The van der Waals surface area contributed by atoms with Gasteiger partial charge in [0.1, 0.15) is 5.54 Å². The lowest BCUT2D eigenvalue weighted by molar-refractivity contribution is -0.146. The summed E-state index contributed by atoms with van der Waals surface area (Å²) in [6.07, 6.45) is 8.32. The van der Waals surface area contributed by atoms with Crippen molar-refractivity contribution in [1.29, 1.82) is 0 Å². The van der Waals surface area contributed by atoms with Gasteiger partial charge in [0, 0.05) is 6.61 Å². The van der Waals surface area contributed by atoms with E-state index in [2.05, 4.69) is 5.32 Å². The topological polar surface area (TPSA) is 58.6 Å². The van der Waals surface area contributed by atoms with Crippen LogP contribution in [0.4, 0.5) is 0 Å². The molecule has 4 nitrogen and oxygen atoms in total. The molecule has 1 aliphatic heterocycles. The van der Waals surface area contributed by atoms with Gasteiger partial charge in [-0.15, -0.1) is 0 Å². The van der Waals surface area contributed by atoms with Crippen LogP contribution in [-0.4, -0.2) is 35.9 Å². The summed E-state index contributed by atoms with van der Waals surface area (Å²) in [5.74, 6) is -0.676. The highest BCUT2D eigenvalue weighted by Crippen LogP contribution is 2.28. The molecule has 0 aromatic heterocycles. The largest absolute Gasteiger partial charge is 0.480 e. The molecule has 1 saturated carbocycles. The Labute approximate surface area is 103 Å². The van der Waals surface area contributed by atoms with Gasteiger partial charge in [0.2, 0.25) is 0 Å². The number of hydrogen-bond donors (Lipinski definition) is 2. The Morgan fingerprint density at radius 1 is 1.29 bits per heavy atom. The van der Waals surface area contributed by atoms with Gasteiger partial charge in [-0.2, -0.15) is 0 Å². The molecular formula is C13H23NO3. The van der Waals surface area contributed by atoms with E-state index in [9.17, 15) is 9.90 Å². The average molecular weight is 241 g/mol. The van der Waals surface area contributed by atoms with Crippen LogP contribution in [0.25, 0.3) is 0 Å². The number of ether oxygens (including phenoxy) is 1. The van der Waals surface area contributed by atoms with Gasteiger partial charge in [-0.3, -0.25) is 4.79 Å². The van der Waals surface area contributed by atoms with Gasteiger partial charge in [-0.25, -0.2) is 0 Å². The fraction of sp³-hybridized carbons (Fsp3) is 0.923. The molecule has 17 heavy (non-hydrogen) atoms. The van der Waals surface area contributed by atoms with Crippen LogP contribution in [0.5, 0.6) is 0 Å². The van der Waals surface area contributed by atoms with Crippen LogP contribution in [0.2, 0.25) is 0 Å². The number of rotatable bonds is 5. The minimum absolute atomic E-state index is 0.344. The highest BCUT2D eigenvalue weighted by molar-refractivity contribution is 5.78. The van der Waals surface area contributed by atoms with Gasteiger partial charge < -0.3 is 15.2 Å². The number of aliphatic carboxylic acids is 1. The molecule has 98 valence electrons. The summed E-state index contributed by atoms with van der Waals surface area (Å²) in [6, 6.07) is 0. The first kappa shape index (κ1) is 12.8. The zero-order valence-electron chi connectivity index (χ0n) is 10.4. The van der Waals surface area contributed by atoms with Crippen LogP contribution in [0.15, 0.2) is 0 Å². The fourth-order valence-electron chi connectivity index (χ4n) is 2.97. The van der Waals surface area contributed by atoms with Crippen molar-refractivity contribution in [1.82, 2.24) is 5.32 Å². The van der Waals surface area contributed by atoms with Crippen molar-refractivity contribution in [2.75, 3.05) is 13.2 Å². The van der Waals surface area contributed by atoms with E-state index in [0.29, 0.717) is 6.10 Å². The van der Waals surface area contributed by atoms with Crippen LogP contribution in [0, 0.1) is 0 Å². The molecule has 1 atom stereocenters. The second-order valence-corrected chi connectivity index (χ2v) is 5.30. The van der Waals surface area contributed by atoms with Gasteiger partial charge in [0.15, 0.2) is 0 Å². The predicted octanol–water partition coefficient (Wildman–Crippen LogP) is 1.93.